The molecule has 0 aliphatic heterocycles. The molecule has 1 fully saturated rings. The number of amides is 1. The fourth-order valence-corrected chi connectivity index (χ4v) is 2.07. The maximum Gasteiger partial charge on any atom is 0.233 e. The van der Waals surface area contributed by atoms with Gasteiger partial charge in [0.1, 0.15) is 0 Å². The van der Waals surface area contributed by atoms with Gasteiger partial charge in [-0.05, 0) is 43.7 Å². The van der Waals surface area contributed by atoms with E-state index in [4.69, 9.17) is 0 Å². The number of carbonyl (C=O) groups is 1. The lowest BCUT2D eigenvalue weighted by molar-refractivity contribution is -0.120. The molecular weight excluding hydrogens is 224 g/mol. The Kier molecular flexibility index (Phi) is 4.37. The van der Waals surface area contributed by atoms with E-state index in [1.54, 1.807) is 0 Å². The zero-order chi connectivity index (χ0) is 13.0. The first kappa shape index (κ1) is 13.1. The highest BCUT2D eigenvalue weighted by atomic mass is 16.1. The van der Waals surface area contributed by atoms with E-state index in [0.717, 1.165) is 12.5 Å². The summed E-state index contributed by atoms with van der Waals surface area (Å²) < 4.78 is 0. The summed E-state index contributed by atoms with van der Waals surface area (Å²) in [5.74, 6) is 0.838. The average molecular weight is 246 g/mol. The molecule has 0 spiro atoms. The van der Waals surface area contributed by atoms with Crippen LogP contribution < -0.4 is 10.6 Å². The second-order valence-electron chi connectivity index (χ2n) is 5.21. The Morgan fingerprint density at radius 3 is 2.78 bits per heavy atom. The Labute approximate surface area is 109 Å². The van der Waals surface area contributed by atoms with Crippen LogP contribution >= 0.6 is 0 Å². The standard InChI is InChI=1S/C15H22N2O/c1-11-5-3-4-6-14(11)12(2)16-10-15(18)17-9-13-7-8-13/h3-6,12-13,16H,7-10H2,1-2H3,(H,17,18). The maximum atomic E-state index is 11.6. The van der Waals surface area contributed by atoms with Crippen LogP contribution in [-0.2, 0) is 4.79 Å². The van der Waals surface area contributed by atoms with Crippen molar-refractivity contribution in [3.63, 3.8) is 0 Å². The summed E-state index contributed by atoms with van der Waals surface area (Å²) in [6.07, 6.45) is 2.54. The lowest BCUT2D eigenvalue weighted by Crippen LogP contribution is -2.36. The van der Waals surface area contributed by atoms with Crippen molar-refractivity contribution in [1.29, 1.82) is 0 Å². The maximum absolute atomic E-state index is 11.6. The molecular formula is C15H22N2O. The highest BCUT2D eigenvalue weighted by molar-refractivity contribution is 5.78. The molecule has 1 aromatic rings. The Morgan fingerprint density at radius 1 is 1.39 bits per heavy atom. The van der Waals surface area contributed by atoms with Crippen molar-refractivity contribution in [1.82, 2.24) is 10.6 Å². The van der Waals surface area contributed by atoms with Crippen LogP contribution in [0.25, 0.3) is 0 Å². The molecule has 3 nitrogen and oxygen atoms in total. The Balaban J connectivity index is 1.75. The Hall–Kier alpha value is -1.35. The smallest absolute Gasteiger partial charge is 0.233 e. The molecule has 98 valence electrons. The van der Waals surface area contributed by atoms with E-state index in [-0.39, 0.29) is 11.9 Å². The molecule has 0 aromatic heterocycles. The second kappa shape index (κ2) is 6.01. The minimum Gasteiger partial charge on any atom is -0.355 e. The number of hydrogen-bond acceptors (Lipinski definition) is 2. The van der Waals surface area contributed by atoms with Crippen LogP contribution in [0.15, 0.2) is 24.3 Å². The fourth-order valence-electron chi connectivity index (χ4n) is 2.07. The molecule has 2 N–H and O–H groups in total. The SMILES string of the molecule is Cc1ccccc1C(C)NCC(=O)NCC1CC1. The molecule has 2 rings (SSSR count). The molecule has 1 aromatic carbocycles. The number of benzene rings is 1. The van der Waals surface area contributed by atoms with Crippen LogP contribution in [0.2, 0.25) is 0 Å². The van der Waals surface area contributed by atoms with E-state index in [1.807, 2.05) is 12.1 Å². The van der Waals surface area contributed by atoms with E-state index in [9.17, 15) is 4.79 Å². The molecule has 1 aliphatic rings. The van der Waals surface area contributed by atoms with Gasteiger partial charge in [-0.15, -0.1) is 0 Å². The second-order valence-corrected chi connectivity index (χ2v) is 5.21. The number of nitrogens with one attached hydrogen (secondary N) is 2. The summed E-state index contributed by atoms with van der Waals surface area (Å²) in [4.78, 5) is 11.6. The summed E-state index contributed by atoms with van der Waals surface area (Å²) >= 11 is 0. The quantitative estimate of drug-likeness (QED) is 0.807. The first-order valence-electron chi connectivity index (χ1n) is 6.72. The molecule has 0 radical (unpaired) electrons. The topological polar surface area (TPSA) is 41.1 Å². The van der Waals surface area contributed by atoms with Crippen LogP contribution in [0.5, 0.6) is 0 Å². The largest absolute Gasteiger partial charge is 0.355 e. The summed E-state index contributed by atoms with van der Waals surface area (Å²) in [7, 11) is 0. The number of carbonyl (C=O) groups excluding carboxylic acids is 1. The Bertz CT molecular complexity index is 413. The third-order valence-electron chi connectivity index (χ3n) is 3.51. The highest BCUT2D eigenvalue weighted by Crippen LogP contribution is 2.27. The van der Waals surface area contributed by atoms with Crippen LogP contribution in [0.3, 0.4) is 0 Å². The van der Waals surface area contributed by atoms with Crippen molar-refractivity contribution in [2.45, 2.75) is 32.7 Å². The van der Waals surface area contributed by atoms with Gasteiger partial charge in [-0.25, -0.2) is 0 Å². The summed E-state index contributed by atoms with van der Waals surface area (Å²) in [5, 5.41) is 6.24. The van der Waals surface area contributed by atoms with Crippen LogP contribution in [0.4, 0.5) is 0 Å². The minimum absolute atomic E-state index is 0.0994. The summed E-state index contributed by atoms with van der Waals surface area (Å²) in [6, 6.07) is 8.48. The molecule has 18 heavy (non-hydrogen) atoms. The monoisotopic (exact) mass is 246 g/mol. The lowest BCUT2D eigenvalue weighted by atomic mass is 10.0. The van der Waals surface area contributed by atoms with Crippen molar-refractivity contribution in [3.05, 3.63) is 35.4 Å². The van der Waals surface area contributed by atoms with E-state index in [0.29, 0.717) is 6.54 Å². The van der Waals surface area contributed by atoms with Crippen molar-refractivity contribution >= 4 is 5.91 Å². The third kappa shape index (κ3) is 3.84. The van der Waals surface area contributed by atoms with E-state index >= 15 is 0 Å². The lowest BCUT2D eigenvalue weighted by Gasteiger charge is -2.16. The zero-order valence-electron chi connectivity index (χ0n) is 11.2. The molecule has 0 bridgehead atoms. The normalized spacial score (nSPS) is 16.3. The fraction of sp³-hybridized carbons (Fsp3) is 0.533. The molecule has 0 saturated heterocycles. The van der Waals surface area contributed by atoms with E-state index in [1.165, 1.54) is 24.0 Å². The van der Waals surface area contributed by atoms with Crippen LogP contribution in [0.1, 0.15) is 36.9 Å². The summed E-state index contributed by atoms with van der Waals surface area (Å²) in [5.41, 5.74) is 2.52. The van der Waals surface area contributed by atoms with Crippen molar-refractivity contribution < 1.29 is 4.79 Å². The number of rotatable bonds is 6. The van der Waals surface area contributed by atoms with Crippen molar-refractivity contribution in [2.24, 2.45) is 5.92 Å². The average Bonchev–Trinajstić information content (AvgIpc) is 3.18. The van der Waals surface area contributed by atoms with Gasteiger partial charge in [-0.2, -0.15) is 0 Å². The van der Waals surface area contributed by atoms with Gasteiger partial charge in [-0.1, -0.05) is 24.3 Å². The first-order chi connectivity index (χ1) is 8.66. The van der Waals surface area contributed by atoms with E-state index in [2.05, 4.69) is 36.6 Å². The summed E-state index contributed by atoms with van der Waals surface area (Å²) in [6.45, 7) is 5.43. The van der Waals surface area contributed by atoms with Gasteiger partial charge in [0.15, 0.2) is 0 Å². The minimum atomic E-state index is 0.0994. The molecule has 0 heterocycles. The number of hydrogen-bond donors (Lipinski definition) is 2. The Morgan fingerprint density at radius 2 is 2.11 bits per heavy atom. The third-order valence-corrected chi connectivity index (χ3v) is 3.51. The number of aryl methyl sites for hydroxylation is 1. The van der Waals surface area contributed by atoms with Gasteiger partial charge in [0.05, 0.1) is 6.54 Å². The van der Waals surface area contributed by atoms with Gasteiger partial charge in [0.25, 0.3) is 0 Å². The first-order valence-corrected chi connectivity index (χ1v) is 6.72. The van der Waals surface area contributed by atoms with Crippen molar-refractivity contribution in [3.8, 4) is 0 Å². The highest BCUT2D eigenvalue weighted by Gasteiger charge is 2.21. The molecule has 1 aliphatic carbocycles. The van der Waals surface area contributed by atoms with Crippen LogP contribution in [0, 0.1) is 12.8 Å². The molecule has 1 atom stereocenters. The van der Waals surface area contributed by atoms with Gasteiger partial charge in [0.2, 0.25) is 5.91 Å². The predicted octanol–water partition coefficient (Wildman–Crippen LogP) is 2.17. The predicted molar refractivity (Wildman–Crippen MR) is 73.3 cm³/mol. The van der Waals surface area contributed by atoms with Gasteiger partial charge < -0.3 is 10.6 Å². The molecule has 1 saturated carbocycles. The van der Waals surface area contributed by atoms with Crippen LogP contribution in [-0.4, -0.2) is 19.0 Å². The molecule has 1 unspecified atom stereocenters. The van der Waals surface area contributed by atoms with Gasteiger partial charge >= 0.3 is 0 Å². The van der Waals surface area contributed by atoms with E-state index < -0.39 is 0 Å². The van der Waals surface area contributed by atoms with Gasteiger partial charge in [-0.3, -0.25) is 4.79 Å². The van der Waals surface area contributed by atoms with Crippen molar-refractivity contribution in [2.75, 3.05) is 13.1 Å². The molecule has 1 amide bonds. The zero-order valence-corrected chi connectivity index (χ0v) is 11.2. The van der Waals surface area contributed by atoms with Gasteiger partial charge in [0, 0.05) is 12.6 Å². The molecule has 3 heteroatoms.